The number of nitrogens with one attached hydrogen (secondary N) is 1. The first-order valence-electron chi connectivity index (χ1n) is 9.43. The summed E-state index contributed by atoms with van der Waals surface area (Å²) in [5.41, 5.74) is 0.233. The van der Waals surface area contributed by atoms with Crippen molar-refractivity contribution < 1.29 is 18.4 Å². The smallest absolute Gasteiger partial charge is 0.269 e. The fourth-order valence-corrected chi connectivity index (χ4v) is 3.71. The summed E-state index contributed by atoms with van der Waals surface area (Å²) in [6, 6.07) is 8.77. The minimum atomic E-state index is -0.411. The SMILES string of the molecule is CCC(C)NC(=O)Cn1c(=CC(=O)c2ccco2)sc(=Cc2ccc(F)cc2)c1=O. The predicted octanol–water partition coefficient (Wildman–Crippen LogP) is 2.05. The van der Waals surface area contributed by atoms with Crippen LogP contribution in [0.2, 0.25) is 0 Å². The zero-order valence-corrected chi connectivity index (χ0v) is 17.4. The number of furan rings is 1. The molecule has 0 spiro atoms. The monoisotopic (exact) mass is 428 g/mol. The van der Waals surface area contributed by atoms with Gasteiger partial charge in [-0.3, -0.25) is 19.0 Å². The summed E-state index contributed by atoms with van der Waals surface area (Å²) in [7, 11) is 0. The number of hydrogen-bond acceptors (Lipinski definition) is 5. The van der Waals surface area contributed by atoms with Crippen LogP contribution in [0.15, 0.2) is 51.9 Å². The Morgan fingerprint density at radius 2 is 2.00 bits per heavy atom. The highest BCUT2D eigenvalue weighted by molar-refractivity contribution is 7.07. The summed E-state index contributed by atoms with van der Waals surface area (Å²) in [6.07, 6.45) is 5.02. The number of Topliss-reactive ketones (excluding diaryl/α,β-unsaturated/α-hetero) is 1. The van der Waals surface area contributed by atoms with E-state index < -0.39 is 11.3 Å². The lowest BCUT2D eigenvalue weighted by Gasteiger charge is -2.11. The summed E-state index contributed by atoms with van der Waals surface area (Å²) in [4.78, 5) is 37.8. The number of carbonyl (C=O) groups is 2. The van der Waals surface area contributed by atoms with Crippen molar-refractivity contribution in [2.75, 3.05) is 0 Å². The summed E-state index contributed by atoms with van der Waals surface area (Å²) < 4.78 is 20.2. The Kier molecular flexibility index (Phi) is 6.79. The highest BCUT2D eigenvalue weighted by atomic mass is 32.1. The second kappa shape index (κ2) is 9.49. The van der Waals surface area contributed by atoms with Crippen molar-refractivity contribution in [3.05, 3.63) is 79.4 Å². The molecule has 1 amide bonds. The van der Waals surface area contributed by atoms with Crippen LogP contribution in [0.3, 0.4) is 0 Å². The van der Waals surface area contributed by atoms with Gasteiger partial charge in [-0.2, -0.15) is 0 Å². The second-order valence-electron chi connectivity index (χ2n) is 6.75. The van der Waals surface area contributed by atoms with E-state index >= 15 is 0 Å². The van der Waals surface area contributed by atoms with Gasteiger partial charge in [0, 0.05) is 12.1 Å². The molecule has 30 heavy (non-hydrogen) atoms. The van der Waals surface area contributed by atoms with Gasteiger partial charge in [0.15, 0.2) is 5.76 Å². The molecular weight excluding hydrogens is 407 g/mol. The van der Waals surface area contributed by atoms with Gasteiger partial charge < -0.3 is 9.73 Å². The molecule has 2 aromatic heterocycles. The topological polar surface area (TPSA) is 81.3 Å². The van der Waals surface area contributed by atoms with Gasteiger partial charge in [0.25, 0.3) is 5.56 Å². The van der Waals surface area contributed by atoms with Crippen LogP contribution >= 0.6 is 11.3 Å². The van der Waals surface area contributed by atoms with Gasteiger partial charge in [-0.05, 0) is 49.2 Å². The van der Waals surface area contributed by atoms with Crippen molar-refractivity contribution in [2.45, 2.75) is 32.9 Å². The largest absolute Gasteiger partial charge is 0.461 e. The van der Waals surface area contributed by atoms with Crippen LogP contribution in [0.1, 0.15) is 36.4 Å². The molecule has 0 saturated carbocycles. The maximum absolute atomic E-state index is 13.2. The van der Waals surface area contributed by atoms with E-state index in [0.29, 0.717) is 14.8 Å². The number of hydrogen-bond donors (Lipinski definition) is 1. The van der Waals surface area contributed by atoms with Gasteiger partial charge in [-0.25, -0.2) is 4.39 Å². The van der Waals surface area contributed by atoms with Crippen molar-refractivity contribution in [2.24, 2.45) is 0 Å². The van der Waals surface area contributed by atoms with E-state index in [2.05, 4.69) is 5.32 Å². The molecule has 6 nitrogen and oxygen atoms in total. The molecule has 1 atom stereocenters. The highest BCUT2D eigenvalue weighted by Gasteiger charge is 2.13. The van der Waals surface area contributed by atoms with Gasteiger partial charge in [-0.1, -0.05) is 19.1 Å². The third kappa shape index (κ3) is 5.21. The van der Waals surface area contributed by atoms with Crippen LogP contribution in [0.5, 0.6) is 0 Å². The van der Waals surface area contributed by atoms with E-state index in [-0.39, 0.29) is 30.1 Å². The lowest BCUT2D eigenvalue weighted by atomic mass is 10.2. The Balaban J connectivity index is 2.07. The lowest BCUT2D eigenvalue weighted by Crippen LogP contribution is -2.40. The standard InChI is InChI=1S/C22H21FN2O4S/c1-3-14(2)24-20(27)13-25-21(12-17(26)18-5-4-10-29-18)30-19(22(25)28)11-15-6-8-16(23)9-7-15/h4-12,14H,3,13H2,1-2H3,(H,24,27). The highest BCUT2D eigenvalue weighted by Crippen LogP contribution is 2.04. The van der Waals surface area contributed by atoms with E-state index in [1.165, 1.54) is 35.1 Å². The maximum Gasteiger partial charge on any atom is 0.269 e. The maximum atomic E-state index is 13.2. The molecule has 156 valence electrons. The van der Waals surface area contributed by atoms with E-state index in [1.54, 1.807) is 24.3 Å². The van der Waals surface area contributed by atoms with Crippen LogP contribution < -0.4 is 20.1 Å². The molecule has 3 aromatic rings. The number of halogens is 1. The fraction of sp³-hybridized carbons (Fsp3) is 0.227. The van der Waals surface area contributed by atoms with Gasteiger partial charge in [0.1, 0.15) is 17.0 Å². The molecule has 0 aliphatic heterocycles. The minimum Gasteiger partial charge on any atom is -0.461 e. The Bertz CT molecular complexity index is 1210. The average Bonchev–Trinajstić information content (AvgIpc) is 3.35. The number of benzene rings is 1. The predicted molar refractivity (Wildman–Crippen MR) is 113 cm³/mol. The van der Waals surface area contributed by atoms with Crippen LogP contribution in [-0.4, -0.2) is 22.3 Å². The van der Waals surface area contributed by atoms with Crippen molar-refractivity contribution in [3.8, 4) is 0 Å². The molecule has 8 heteroatoms. The third-order valence-corrected chi connectivity index (χ3v) is 5.50. The van der Waals surface area contributed by atoms with E-state index in [0.717, 1.165) is 17.8 Å². The molecule has 2 heterocycles. The summed E-state index contributed by atoms with van der Waals surface area (Å²) in [6.45, 7) is 3.60. The molecule has 1 N–H and O–H groups in total. The molecule has 1 aromatic carbocycles. The number of carbonyl (C=O) groups excluding carboxylic acids is 2. The first kappa shape index (κ1) is 21.4. The Morgan fingerprint density at radius 3 is 2.63 bits per heavy atom. The normalized spacial score (nSPS) is 13.4. The zero-order chi connectivity index (χ0) is 21.7. The zero-order valence-electron chi connectivity index (χ0n) is 16.6. The van der Waals surface area contributed by atoms with Crippen molar-refractivity contribution in [1.29, 1.82) is 0 Å². The molecular formula is C22H21FN2O4S. The average molecular weight is 428 g/mol. The fourth-order valence-electron chi connectivity index (χ4n) is 2.67. The first-order valence-corrected chi connectivity index (χ1v) is 10.2. The van der Waals surface area contributed by atoms with Crippen molar-refractivity contribution in [1.82, 2.24) is 9.88 Å². The second-order valence-corrected chi connectivity index (χ2v) is 7.82. The Hall–Kier alpha value is -3.26. The van der Waals surface area contributed by atoms with Crippen LogP contribution in [0.4, 0.5) is 4.39 Å². The number of amides is 1. The van der Waals surface area contributed by atoms with Gasteiger partial charge in [-0.15, -0.1) is 11.3 Å². The summed E-state index contributed by atoms with van der Waals surface area (Å²) in [5, 5.41) is 2.82. The minimum absolute atomic E-state index is 0.0331. The molecule has 0 fully saturated rings. The quantitative estimate of drug-likeness (QED) is 0.584. The first-order chi connectivity index (χ1) is 14.4. The molecule has 0 bridgehead atoms. The van der Waals surface area contributed by atoms with Crippen molar-refractivity contribution in [3.63, 3.8) is 0 Å². The van der Waals surface area contributed by atoms with E-state index in [1.807, 2.05) is 13.8 Å². The Morgan fingerprint density at radius 1 is 1.27 bits per heavy atom. The number of ketones is 1. The van der Waals surface area contributed by atoms with Gasteiger partial charge in [0.05, 0.1) is 10.8 Å². The molecule has 0 aliphatic rings. The lowest BCUT2D eigenvalue weighted by molar-refractivity contribution is -0.122. The van der Waals surface area contributed by atoms with E-state index in [4.69, 9.17) is 4.42 Å². The number of rotatable bonds is 7. The number of aromatic nitrogens is 1. The molecule has 0 saturated heterocycles. The molecule has 0 radical (unpaired) electrons. The van der Waals surface area contributed by atoms with Gasteiger partial charge in [0.2, 0.25) is 11.7 Å². The van der Waals surface area contributed by atoms with Crippen LogP contribution in [0.25, 0.3) is 12.2 Å². The third-order valence-electron chi connectivity index (χ3n) is 4.44. The van der Waals surface area contributed by atoms with Gasteiger partial charge >= 0.3 is 0 Å². The molecule has 3 rings (SSSR count). The number of nitrogens with zero attached hydrogens (tertiary/aromatic N) is 1. The summed E-state index contributed by atoms with van der Waals surface area (Å²) in [5.74, 6) is -0.977. The summed E-state index contributed by atoms with van der Waals surface area (Å²) >= 11 is 1.08. The molecule has 0 aliphatic carbocycles. The van der Waals surface area contributed by atoms with Crippen LogP contribution in [0, 0.1) is 5.82 Å². The number of thiazole rings is 1. The van der Waals surface area contributed by atoms with Crippen LogP contribution in [-0.2, 0) is 11.3 Å². The molecule has 1 unspecified atom stereocenters. The van der Waals surface area contributed by atoms with Crippen molar-refractivity contribution >= 4 is 35.2 Å². The Labute approximate surface area is 176 Å². The van der Waals surface area contributed by atoms with E-state index in [9.17, 15) is 18.8 Å².